The third-order valence-electron chi connectivity index (χ3n) is 4.60. The summed E-state index contributed by atoms with van der Waals surface area (Å²) in [6.07, 6.45) is 2.30. The van der Waals surface area contributed by atoms with Crippen LogP contribution >= 0.6 is 11.6 Å². The molecule has 0 bridgehead atoms. The van der Waals surface area contributed by atoms with E-state index in [0.717, 1.165) is 5.56 Å². The largest absolute Gasteiger partial charge is 0.269 e. The Balaban J connectivity index is 1.91. The van der Waals surface area contributed by atoms with Gasteiger partial charge in [-0.15, -0.1) is 10.2 Å². The summed E-state index contributed by atoms with van der Waals surface area (Å²) in [6, 6.07) is 9.00. The van der Waals surface area contributed by atoms with Crippen LogP contribution in [0.15, 0.2) is 41.3 Å². The fourth-order valence-corrected chi connectivity index (χ4v) is 3.48. The van der Waals surface area contributed by atoms with Crippen molar-refractivity contribution >= 4 is 28.3 Å². The van der Waals surface area contributed by atoms with E-state index in [1.54, 1.807) is 35.8 Å². The third kappa shape index (κ3) is 2.78. The summed E-state index contributed by atoms with van der Waals surface area (Å²) in [5.41, 5.74) is 1.51. The van der Waals surface area contributed by atoms with Crippen LogP contribution in [0.5, 0.6) is 0 Å². The van der Waals surface area contributed by atoms with Crippen molar-refractivity contribution in [3.63, 3.8) is 0 Å². The Morgan fingerprint density at radius 2 is 2.03 bits per heavy atom. The first kappa shape index (κ1) is 17.5. The summed E-state index contributed by atoms with van der Waals surface area (Å²) in [5, 5.41) is 12.4. The number of nitrogens with one attached hydrogen (secondary N) is 1. The minimum atomic E-state index is -0.304. The molecule has 1 N–H and O–H groups in total. The second-order valence-electron chi connectivity index (χ2n) is 6.53. The van der Waals surface area contributed by atoms with Gasteiger partial charge in [0, 0.05) is 23.2 Å². The zero-order chi connectivity index (χ0) is 20.1. The highest BCUT2D eigenvalue weighted by Crippen LogP contribution is 2.28. The Hall–Kier alpha value is -3.59. The number of fused-ring (bicyclic) bond motifs is 2. The van der Waals surface area contributed by atoms with Crippen LogP contribution in [-0.2, 0) is 6.42 Å². The van der Waals surface area contributed by atoms with Crippen molar-refractivity contribution in [1.29, 1.82) is 0 Å². The highest BCUT2D eigenvalue weighted by atomic mass is 35.5. The predicted octanol–water partition coefficient (Wildman–Crippen LogP) is 2.74. The Bertz CT molecular complexity index is 1450. The Morgan fingerprint density at radius 3 is 2.79 bits per heavy atom. The molecule has 0 spiro atoms. The van der Waals surface area contributed by atoms with E-state index < -0.39 is 0 Å². The van der Waals surface area contributed by atoms with Crippen molar-refractivity contribution in [1.82, 2.24) is 39.3 Å². The molecule has 29 heavy (non-hydrogen) atoms. The van der Waals surface area contributed by atoms with Gasteiger partial charge in [-0.1, -0.05) is 30.7 Å². The standard InChI is InChI=1S/C19H15ClN8O/c1-3-14-23-19(25-24-14)27-8-7-13-15(17(27)29)16(11-5-4-6-12(20)9-11)28-18(22-13)21-10(2)26-28/h4-9H,3H2,1-2H3,(H,23,24,25). The zero-order valence-electron chi connectivity index (χ0n) is 15.6. The quantitative estimate of drug-likeness (QED) is 0.493. The van der Waals surface area contributed by atoms with Gasteiger partial charge in [-0.25, -0.2) is 9.55 Å². The van der Waals surface area contributed by atoms with Crippen molar-refractivity contribution in [2.24, 2.45) is 0 Å². The number of H-pyrrole nitrogens is 1. The summed E-state index contributed by atoms with van der Waals surface area (Å²) in [6.45, 7) is 3.73. The molecule has 0 saturated carbocycles. The number of halogens is 1. The molecule has 4 aromatic heterocycles. The van der Waals surface area contributed by atoms with Gasteiger partial charge in [0.05, 0.1) is 16.6 Å². The van der Waals surface area contributed by atoms with Gasteiger partial charge in [0.25, 0.3) is 17.3 Å². The molecular weight excluding hydrogens is 392 g/mol. The Morgan fingerprint density at radius 1 is 1.17 bits per heavy atom. The summed E-state index contributed by atoms with van der Waals surface area (Å²) < 4.78 is 2.97. The molecule has 5 aromatic rings. The molecule has 4 heterocycles. The number of nitrogens with zero attached hydrogens (tertiary/aromatic N) is 7. The molecule has 10 heteroatoms. The summed E-state index contributed by atoms with van der Waals surface area (Å²) >= 11 is 6.22. The molecule has 0 saturated heterocycles. The molecule has 0 aliphatic heterocycles. The Labute approximate surface area is 169 Å². The molecule has 0 aliphatic carbocycles. The highest BCUT2D eigenvalue weighted by Gasteiger charge is 2.19. The lowest BCUT2D eigenvalue weighted by molar-refractivity contribution is 0.893. The van der Waals surface area contributed by atoms with E-state index in [0.29, 0.717) is 45.5 Å². The molecule has 1 aromatic carbocycles. The van der Waals surface area contributed by atoms with Crippen molar-refractivity contribution in [3.8, 4) is 17.2 Å². The van der Waals surface area contributed by atoms with Crippen molar-refractivity contribution in [3.05, 3.63) is 63.6 Å². The fraction of sp³-hybridized carbons (Fsp3) is 0.158. The summed E-state index contributed by atoms with van der Waals surface area (Å²) in [4.78, 5) is 26.7. The first-order chi connectivity index (χ1) is 14.0. The zero-order valence-corrected chi connectivity index (χ0v) is 16.3. The first-order valence-corrected chi connectivity index (χ1v) is 9.39. The molecular formula is C19H15ClN8O. The van der Waals surface area contributed by atoms with Crippen molar-refractivity contribution in [2.75, 3.05) is 0 Å². The number of hydrogen-bond donors (Lipinski definition) is 1. The van der Waals surface area contributed by atoms with E-state index in [2.05, 4.69) is 30.2 Å². The van der Waals surface area contributed by atoms with E-state index in [1.807, 2.05) is 19.1 Å². The maximum Gasteiger partial charge on any atom is 0.269 e. The molecule has 9 nitrogen and oxygen atoms in total. The average molecular weight is 407 g/mol. The van der Waals surface area contributed by atoms with Gasteiger partial charge in [-0.2, -0.15) is 14.5 Å². The predicted molar refractivity (Wildman–Crippen MR) is 108 cm³/mol. The molecule has 144 valence electrons. The number of benzene rings is 1. The molecule has 0 fully saturated rings. The van der Waals surface area contributed by atoms with Crippen LogP contribution in [0.25, 0.3) is 33.9 Å². The van der Waals surface area contributed by atoms with Gasteiger partial charge < -0.3 is 0 Å². The lowest BCUT2D eigenvalue weighted by Gasteiger charge is -2.10. The minimum Gasteiger partial charge on any atom is -0.268 e. The molecule has 0 unspecified atom stereocenters. The van der Waals surface area contributed by atoms with Gasteiger partial charge in [0.2, 0.25) is 0 Å². The van der Waals surface area contributed by atoms with Crippen LogP contribution in [0.2, 0.25) is 5.02 Å². The van der Waals surface area contributed by atoms with Crippen LogP contribution < -0.4 is 5.56 Å². The van der Waals surface area contributed by atoms with E-state index in [1.165, 1.54) is 4.57 Å². The smallest absolute Gasteiger partial charge is 0.268 e. The van der Waals surface area contributed by atoms with E-state index in [4.69, 9.17) is 11.6 Å². The summed E-state index contributed by atoms with van der Waals surface area (Å²) in [5.74, 6) is 1.94. The lowest BCUT2D eigenvalue weighted by atomic mass is 10.1. The molecule has 0 radical (unpaired) electrons. The monoisotopic (exact) mass is 406 g/mol. The van der Waals surface area contributed by atoms with Crippen LogP contribution in [-0.4, -0.2) is 39.3 Å². The van der Waals surface area contributed by atoms with Gasteiger partial charge in [-0.05, 0) is 25.1 Å². The minimum absolute atomic E-state index is 0.278. The molecule has 5 rings (SSSR count). The van der Waals surface area contributed by atoms with Crippen molar-refractivity contribution < 1.29 is 0 Å². The number of aryl methyl sites for hydroxylation is 2. The molecule has 0 aliphatic rings. The molecule has 0 amide bonds. The van der Waals surface area contributed by atoms with E-state index in [9.17, 15) is 4.79 Å². The lowest BCUT2D eigenvalue weighted by Crippen LogP contribution is -2.21. The van der Waals surface area contributed by atoms with Crippen LogP contribution in [0, 0.1) is 6.92 Å². The average Bonchev–Trinajstić information content (AvgIpc) is 3.32. The molecule has 0 atom stereocenters. The topological polar surface area (TPSA) is 107 Å². The van der Waals surface area contributed by atoms with Crippen LogP contribution in [0.1, 0.15) is 18.6 Å². The normalized spacial score (nSPS) is 11.6. The van der Waals surface area contributed by atoms with Crippen LogP contribution in [0.4, 0.5) is 0 Å². The second kappa shape index (κ2) is 6.49. The summed E-state index contributed by atoms with van der Waals surface area (Å²) in [7, 11) is 0. The number of aromatic amines is 1. The second-order valence-corrected chi connectivity index (χ2v) is 6.96. The van der Waals surface area contributed by atoms with Gasteiger partial charge >= 0.3 is 0 Å². The van der Waals surface area contributed by atoms with E-state index in [-0.39, 0.29) is 11.5 Å². The first-order valence-electron chi connectivity index (χ1n) is 9.01. The van der Waals surface area contributed by atoms with Crippen LogP contribution in [0.3, 0.4) is 0 Å². The maximum absolute atomic E-state index is 13.5. The third-order valence-corrected chi connectivity index (χ3v) is 4.84. The van der Waals surface area contributed by atoms with Gasteiger partial charge in [0.15, 0.2) is 0 Å². The highest BCUT2D eigenvalue weighted by molar-refractivity contribution is 6.30. The van der Waals surface area contributed by atoms with Gasteiger partial charge in [0.1, 0.15) is 11.6 Å². The number of pyridine rings is 1. The number of hydrogen-bond acceptors (Lipinski definition) is 6. The SMILES string of the molecule is CCc1nc(-n2ccc3nc4nc(C)nn4c(-c4cccc(Cl)c4)c3c2=O)n[nH]1. The van der Waals surface area contributed by atoms with Gasteiger partial charge in [-0.3, -0.25) is 9.89 Å². The maximum atomic E-state index is 13.5. The number of rotatable bonds is 3. The van der Waals surface area contributed by atoms with E-state index >= 15 is 0 Å². The van der Waals surface area contributed by atoms with Crippen molar-refractivity contribution in [2.45, 2.75) is 20.3 Å². The fourth-order valence-electron chi connectivity index (χ4n) is 3.29. The Kier molecular flexibility index (Phi) is 3.92. The number of aromatic nitrogens is 8.